The van der Waals surface area contributed by atoms with Gasteiger partial charge in [0.2, 0.25) is 0 Å². The van der Waals surface area contributed by atoms with Crippen molar-refractivity contribution in [3.8, 4) is 67.9 Å². The Morgan fingerprint density at radius 1 is 0.376 bits per heavy atom. The number of thioether (sulfide) groups is 3. The third-order valence-corrected chi connectivity index (χ3v) is 17.2. The fourth-order valence-corrected chi connectivity index (χ4v) is 11.8. The summed E-state index contributed by atoms with van der Waals surface area (Å²) < 4.78 is 5.26. The Bertz CT molecular complexity index is 5040. The van der Waals surface area contributed by atoms with Crippen LogP contribution in [0, 0.1) is 20.8 Å². The highest BCUT2D eigenvalue weighted by Crippen LogP contribution is 2.34. The first-order valence-electron chi connectivity index (χ1n) is 29.7. The number of anilines is 3. The van der Waals surface area contributed by atoms with E-state index in [1.807, 2.05) is 142 Å². The van der Waals surface area contributed by atoms with Gasteiger partial charge in [-0.25, -0.2) is 43.5 Å². The Balaban J connectivity index is 0.000000127. The Morgan fingerprint density at radius 2 is 0.796 bits per heavy atom. The lowest BCUT2D eigenvalue weighted by molar-refractivity contribution is 0.960. The van der Waals surface area contributed by atoms with Gasteiger partial charge in [0.25, 0.3) is 0 Å². The zero-order chi connectivity index (χ0) is 63.6. The number of aromatic nitrogens is 18. The molecule has 15 aromatic rings. The molecule has 0 fully saturated rings. The highest BCUT2D eigenvalue weighted by atomic mass is 32.2. The van der Waals surface area contributed by atoms with Crippen molar-refractivity contribution in [1.29, 1.82) is 0 Å². The van der Waals surface area contributed by atoms with Crippen LogP contribution in [0.5, 0.6) is 0 Å². The maximum atomic E-state index is 4.92. The minimum Gasteiger partial charge on any atom is -0.378 e. The number of hydrogen-bond donors (Lipinski definition) is 6. The van der Waals surface area contributed by atoms with Crippen molar-refractivity contribution >= 4 is 69.3 Å². The maximum Gasteiger partial charge on any atom is 0.155 e. The molecule has 93 heavy (non-hydrogen) atoms. The molecule has 15 rings (SSSR count). The molecule has 3 aromatic carbocycles. The van der Waals surface area contributed by atoms with E-state index in [0.29, 0.717) is 19.6 Å². The third-order valence-electron chi connectivity index (χ3n) is 15.0. The quantitative estimate of drug-likeness (QED) is 0.0437. The van der Waals surface area contributed by atoms with Gasteiger partial charge in [-0.15, -0.1) is 35.3 Å². The topological polar surface area (TPSA) is 251 Å². The molecule has 12 aromatic heterocycles. The number of rotatable bonds is 18. The van der Waals surface area contributed by atoms with Gasteiger partial charge in [0.05, 0.1) is 70.9 Å². The van der Waals surface area contributed by atoms with Gasteiger partial charge >= 0.3 is 0 Å². The molecule has 0 radical (unpaired) electrons. The van der Waals surface area contributed by atoms with E-state index in [9.17, 15) is 0 Å². The molecule has 0 unspecified atom stereocenters. The average Bonchev–Trinajstić information content (AvgIpc) is 1.74. The lowest BCUT2D eigenvalue weighted by atomic mass is 10.1. The first-order chi connectivity index (χ1) is 45.6. The molecular weight excluding hydrogens is 1220 g/mol. The largest absolute Gasteiger partial charge is 0.378 e. The van der Waals surface area contributed by atoms with Crippen LogP contribution in [0.2, 0.25) is 0 Å². The Kier molecular flexibility index (Phi) is 18.4. The summed E-state index contributed by atoms with van der Waals surface area (Å²) >= 11 is 5.17. The van der Waals surface area contributed by atoms with Crippen LogP contribution in [0.15, 0.2) is 216 Å². The number of H-pyrrole nitrogens is 3. The van der Waals surface area contributed by atoms with E-state index in [0.717, 1.165) is 136 Å². The van der Waals surface area contributed by atoms with E-state index in [1.165, 1.54) is 14.7 Å². The predicted molar refractivity (Wildman–Crippen MR) is 372 cm³/mol. The van der Waals surface area contributed by atoms with Crippen molar-refractivity contribution in [1.82, 2.24) is 88.6 Å². The number of imidazole rings is 3. The van der Waals surface area contributed by atoms with E-state index in [1.54, 1.807) is 67.8 Å². The van der Waals surface area contributed by atoms with Crippen molar-refractivity contribution < 1.29 is 0 Å². The van der Waals surface area contributed by atoms with Crippen LogP contribution in [0.25, 0.3) is 84.9 Å². The molecule has 0 saturated heterocycles. The molecule has 24 heteroatoms. The smallest absolute Gasteiger partial charge is 0.155 e. The summed E-state index contributed by atoms with van der Waals surface area (Å²) in [6.07, 6.45) is 16.7. The van der Waals surface area contributed by atoms with Crippen LogP contribution in [-0.2, 0) is 19.6 Å². The van der Waals surface area contributed by atoms with Gasteiger partial charge < -0.3 is 30.9 Å². The fourth-order valence-electron chi connectivity index (χ4n) is 10.4. The molecule has 12 heterocycles. The monoisotopic (exact) mass is 1280 g/mol. The van der Waals surface area contributed by atoms with E-state index in [-0.39, 0.29) is 0 Å². The van der Waals surface area contributed by atoms with Crippen molar-refractivity contribution in [3.05, 3.63) is 236 Å². The number of nitrogens with zero attached hydrogens (tertiary/aromatic N) is 15. The van der Waals surface area contributed by atoms with E-state index >= 15 is 0 Å². The third kappa shape index (κ3) is 14.3. The molecule has 0 aliphatic rings. The summed E-state index contributed by atoms with van der Waals surface area (Å²) in [4.78, 5) is 55.6. The first-order valence-corrected chi connectivity index (χ1v) is 33.4. The van der Waals surface area contributed by atoms with Gasteiger partial charge in [-0.05, 0) is 167 Å². The lowest BCUT2D eigenvalue weighted by Gasteiger charge is -2.08. The second-order valence-electron chi connectivity index (χ2n) is 21.4. The van der Waals surface area contributed by atoms with Gasteiger partial charge in [0.1, 0.15) is 36.5 Å². The molecule has 21 nitrogen and oxygen atoms in total. The van der Waals surface area contributed by atoms with Crippen molar-refractivity contribution in [2.75, 3.05) is 34.7 Å². The fraction of sp³-hybridized carbons (Fsp3) is 0.130. The van der Waals surface area contributed by atoms with E-state index < -0.39 is 0 Å². The summed E-state index contributed by atoms with van der Waals surface area (Å²) in [5.41, 5.74) is 19.1. The molecule has 0 saturated carbocycles. The lowest BCUT2D eigenvalue weighted by Crippen LogP contribution is -2.02. The molecule has 462 valence electrons. The van der Waals surface area contributed by atoms with Crippen molar-refractivity contribution in [2.24, 2.45) is 0 Å². The zero-order valence-corrected chi connectivity index (χ0v) is 54.1. The SMILES string of the molecule is CSc1ccc(NCc2nc(-c3ccc4ncnn4c3)c(-c3cccc(C)n3)[nH]2)cc1.CSc1cccc(NCc2nc(-c3ccc4ncnn4c3)c(-c3cccc(C)n3)[nH]2)c1.CSc1ccccc1NCc1nc(-c2ccc3ncnn3c2)c(-c2cccc(C)n2)[nH]1. The number of pyridine rings is 6. The Hall–Kier alpha value is -11.0. The van der Waals surface area contributed by atoms with Gasteiger partial charge in [0.15, 0.2) is 16.9 Å². The number of nitrogens with one attached hydrogen (secondary N) is 6. The summed E-state index contributed by atoms with van der Waals surface area (Å²) in [7, 11) is 0. The Morgan fingerprint density at radius 3 is 1.23 bits per heavy atom. The van der Waals surface area contributed by atoms with Crippen LogP contribution >= 0.6 is 35.3 Å². The van der Waals surface area contributed by atoms with Crippen LogP contribution in [0.1, 0.15) is 34.6 Å². The van der Waals surface area contributed by atoms with E-state index in [2.05, 4.69) is 141 Å². The number of para-hydroxylation sites is 1. The van der Waals surface area contributed by atoms with Gasteiger partial charge in [0, 0.05) is 84.1 Å². The van der Waals surface area contributed by atoms with Gasteiger partial charge in [-0.2, -0.15) is 15.3 Å². The van der Waals surface area contributed by atoms with Crippen LogP contribution in [0.3, 0.4) is 0 Å². The summed E-state index contributed by atoms with van der Waals surface area (Å²) in [6.45, 7) is 7.68. The standard InChI is InChI=1S/3C23H21N7S/c1-15-5-3-8-19(27-15)23-22(16-9-10-21-25-14-26-30(21)13-16)28-20(29-23)12-24-17-6-4-7-18(11-17)31-2;1-15-6-5-8-18(27-15)23-22(16-10-11-21-25-14-26-30(21)13-16)28-20(29-23)12-24-17-7-3-4-9-19(17)31-2;1-15-4-3-5-19(27-15)23-22(16-6-11-21-25-14-26-30(21)13-16)28-20(29-23)12-24-17-7-9-18(31-2)10-8-17/h3*3-11,13-14,24H,12H2,1-2H3,(H,28,29). The van der Waals surface area contributed by atoms with Crippen molar-refractivity contribution in [2.45, 2.75) is 55.1 Å². The van der Waals surface area contributed by atoms with Crippen LogP contribution < -0.4 is 16.0 Å². The molecule has 0 amide bonds. The number of aromatic amines is 3. The van der Waals surface area contributed by atoms with Crippen LogP contribution in [0.4, 0.5) is 17.1 Å². The van der Waals surface area contributed by atoms with Gasteiger partial charge in [-0.3, -0.25) is 15.0 Å². The highest BCUT2D eigenvalue weighted by molar-refractivity contribution is 7.99. The summed E-state index contributed by atoms with van der Waals surface area (Å²) in [5, 5.41) is 23.2. The highest BCUT2D eigenvalue weighted by Gasteiger charge is 2.20. The number of aryl methyl sites for hydroxylation is 3. The molecule has 0 bridgehead atoms. The zero-order valence-electron chi connectivity index (χ0n) is 51.6. The minimum absolute atomic E-state index is 0.571. The molecule has 0 aliphatic carbocycles. The number of benzene rings is 3. The normalized spacial score (nSPS) is 11.2. The molecule has 0 spiro atoms. The minimum atomic E-state index is 0.571. The first kappa shape index (κ1) is 60.9. The molecular formula is C69H63N21S3. The van der Waals surface area contributed by atoms with Crippen LogP contribution in [-0.4, -0.2) is 107 Å². The number of hydrogen-bond acceptors (Lipinski definition) is 18. The second kappa shape index (κ2) is 28.1. The molecule has 0 aliphatic heterocycles. The predicted octanol–water partition coefficient (Wildman–Crippen LogP) is 14.5. The average molecular weight is 1280 g/mol. The summed E-state index contributed by atoms with van der Waals surface area (Å²) in [6, 6.07) is 54.8. The molecule has 6 N–H and O–H groups in total. The Labute approximate surface area is 548 Å². The van der Waals surface area contributed by atoms with Crippen molar-refractivity contribution in [3.63, 3.8) is 0 Å². The molecule has 0 atom stereocenters. The number of fused-ring (bicyclic) bond motifs is 3. The maximum absolute atomic E-state index is 4.92. The van der Waals surface area contributed by atoms with Gasteiger partial charge in [-0.1, -0.05) is 36.4 Å². The second-order valence-corrected chi connectivity index (χ2v) is 24.0. The van der Waals surface area contributed by atoms with E-state index in [4.69, 9.17) is 29.9 Å². The summed E-state index contributed by atoms with van der Waals surface area (Å²) in [5.74, 6) is 2.50.